The van der Waals surface area contributed by atoms with Crippen molar-refractivity contribution in [3.05, 3.63) is 59.2 Å². The molecule has 0 radical (unpaired) electrons. The van der Waals surface area contributed by atoms with Crippen LogP contribution in [-0.2, 0) is 0 Å². The zero-order chi connectivity index (χ0) is 11.7. The SMILES string of the molecule is Brc1cc(Nc2ccccc2)c2cc[nH]c2c1. The molecule has 0 unspecified atom stereocenters. The number of benzene rings is 2. The number of halogens is 1. The molecule has 0 fully saturated rings. The Kier molecular flexibility index (Phi) is 2.61. The molecule has 0 atom stereocenters. The van der Waals surface area contributed by atoms with Crippen molar-refractivity contribution >= 4 is 38.2 Å². The van der Waals surface area contributed by atoms with Gasteiger partial charge < -0.3 is 10.3 Å². The van der Waals surface area contributed by atoms with E-state index in [1.54, 1.807) is 0 Å². The lowest BCUT2D eigenvalue weighted by Gasteiger charge is -2.08. The summed E-state index contributed by atoms with van der Waals surface area (Å²) in [6, 6.07) is 16.4. The van der Waals surface area contributed by atoms with Gasteiger partial charge in [-0.3, -0.25) is 0 Å². The lowest BCUT2D eigenvalue weighted by Crippen LogP contribution is -1.90. The highest BCUT2D eigenvalue weighted by molar-refractivity contribution is 9.10. The van der Waals surface area contributed by atoms with Crippen LogP contribution in [0.5, 0.6) is 0 Å². The molecule has 2 aromatic carbocycles. The number of rotatable bonds is 2. The number of fused-ring (bicyclic) bond motifs is 1. The number of aromatic amines is 1. The van der Waals surface area contributed by atoms with Gasteiger partial charge in [-0.15, -0.1) is 0 Å². The van der Waals surface area contributed by atoms with Gasteiger partial charge in [-0.1, -0.05) is 34.1 Å². The molecule has 3 aromatic rings. The Morgan fingerprint density at radius 1 is 1.00 bits per heavy atom. The molecule has 0 aliphatic carbocycles. The molecule has 0 saturated carbocycles. The van der Waals surface area contributed by atoms with Gasteiger partial charge in [-0.25, -0.2) is 0 Å². The average Bonchev–Trinajstić information content (AvgIpc) is 2.78. The van der Waals surface area contributed by atoms with Gasteiger partial charge in [-0.05, 0) is 30.3 Å². The highest BCUT2D eigenvalue weighted by Gasteiger charge is 2.04. The van der Waals surface area contributed by atoms with Crippen molar-refractivity contribution in [2.45, 2.75) is 0 Å². The van der Waals surface area contributed by atoms with Gasteiger partial charge in [0.05, 0.1) is 0 Å². The summed E-state index contributed by atoms with van der Waals surface area (Å²) in [7, 11) is 0. The van der Waals surface area contributed by atoms with E-state index >= 15 is 0 Å². The number of nitrogens with one attached hydrogen (secondary N) is 2. The maximum absolute atomic E-state index is 3.52. The van der Waals surface area contributed by atoms with Crippen molar-refractivity contribution in [3.63, 3.8) is 0 Å². The molecular weight excluding hydrogens is 276 g/mol. The molecule has 0 aliphatic heterocycles. The second-order valence-electron chi connectivity index (χ2n) is 3.88. The third-order valence-electron chi connectivity index (χ3n) is 2.69. The summed E-state index contributed by atoms with van der Waals surface area (Å²) in [5.41, 5.74) is 3.31. The summed E-state index contributed by atoms with van der Waals surface area (Å²) >= 11 is 3.52. The molecule has 1 aromatic heterocycles. The van der Waals surface area contributed by atoms with Crippen molar-refractivity contribution < 1.29 is 0 Å². The minimum atomic E-state index is 1.06. The normalized spacial score (nSPS) is 10.6. The maximum atomic E-state index is 3.52. The van der Waals surface area contributed by atoms with E-state index in [9.17, 15) is 0 Å². The molecule has 3 rings (SSSR count). The van der Waals surface area contributed by atoms with Crippen LogP contribution in [-0.4, -0.2) is 4.98 Å². The predicted octanol–water partition coefficient (Wildman–Crippen LogP) is 4.67. The molecule has 1 heterocycles. The Balaban J connectivity index is 2.08. The third kappa shape index (κ3) is 2.06. The Morgan fingerprint density at radius 3 is 2.65 bits per heavy atom. The molecule has 2 nitrogen and oxygen atoms in total. The van der Waals surface area contributed by atoms with E-state index in [1.165, 1.54) is 5.39 Å². The van der Waals surface area contributed by atoms with Crippen molar-refractivity contribution in [2.24, 2.45) is 0 Å². The van der Waals surface area contributed by atoms with Gasteiger partial charge in [0.2, 0.25) is 0 Å². The van der Waals surface area contributed by atoms with Crippen LogP contribution in [0.4, 0.5) is 11.4 Å². The lowest BCUT2D eigenvalue weighted by atomic mass is 10.2. The number of hydrogen-bond donors (Lipinski definition) is 2. The van der Waals surface area contributed by atoms with Crippen LogP contribution in [0.25, 0.3) is 10.9 Å². The van der Waals surface area contributed by atoms with Gasteiger partial charge in [0.15, 0.2) is 0 Å². The van der Waals surface area contributed by atoms with Gasteiger partial charge in [0.25, 0.3) is 0 Å². The second-order valence-corrected chi connectivity index (χ2v) is 4.80. The van der Waals surface area contributed by atoms with Crippen LogP contribution < -0.4 is 5.32 Å². The fraction of sp³-hybridized carbons (Fsp3) is 0. The molecular formula is C14H11BrN2. The quantitative estimate of drug-likeness (QED) is 0.704. The first-order valence-electron chi connectivity index (χ1n) is 5.42. The first-order chi connectivity index (χ1) is 8.33. The van der Waals surface area contributed by atoms with Crippen LogP contribution in [0.1, 0.15) is 0 Å². The van der Waals surface area contributed by atoms with E-state index in [2.05, 4.69) is 56.6 Å². The summed E-state index contributed by atoms with van der Waals surface area (Å²) in [6.45, 7) is 0. The Morgan fingerprint density at radius 2 is 1.82 bits per heavy atom. The fourth-order valence-electron chi connectivity index (χ4n) is 1.91. The largest absolute Gasteiger partial charge is 0.361 e. The Hall–Kier alpha value is -1.74. The zero-order valence-electron chi connectivity index (χ0n) is 9.07. The Bertz CT molecular complexity index is 644. The van der Waals surface area contributed by atoms with E-state index < -0.39 is 0 Å². The van der Waals surface area contributed by atoms with E-state index in [4.69, 9.17) is 0 Å². The molecule has 3 heteroatoms. The Labute approximate surface area is 108 Å². The molecule has 17 heavy (non-hydrogen) atoms. The molecule has 0 aliphatic rings. The summed E-state index contributed by atoms with van der Waals surface area (Å²) in [5.74, 6) is 0. The average molecular weight is 287 g/mol. The summed E-state index contributed by atoms with van der Waals surface area (Å²) in [6.07, 6.45) is 1.95. The summed E-state index contributed by atoms with van der Waals surface area (Å²) < 4.78 is 1.06. The molecule has 2 N–H and O–H groups in total. The predicted molar refractivity (Wildman–Crippen MR) is 75.7 cm³/mol. The van der Waals surface area contributed by atoms with E-state index in [1.807, 2.05) is 24.4 Å². The van der Waals surface area contributed by atoms with E-state index in [-0.39, 0.29) is 0 Å². The van der Waals surface area contributed by atoms with Crippen molar-refractivity contribution in [1.29, 1.82) is 0 Å². The number of para-hydroxylation sites is 1. The molecule has 84 valence electrons. The first-order valence-corrected chi connectivity index (χ1v) is 6.21. The van der Waals surface area contributed by atoms with Gasteiger partial charge >= 0.3 is 0 Å². The number of anilines is 2. The number of H-pyrrole nitrogens is 1. The molecule has 0 saturated heterocycles. The van der Waals surface area contributed by atoms with Gasteiger partial charge in [-0.2, -0.15) is 0 Å². The lowest BCUT2D eigenvalue weighted by molar-refractivity contribution is 1.47. The minimum Gasteiger partial charge on any atom is -0.361 e. The van der Waals surface area contributed by atoms with Gasteiger partial charge in [0.1, 0.15) is 0 Å². The highest BCUT2D eigenvalue weighted by Crippen LogP contribution is 2.29. The number of aromatic nitrogens is 1. The van der Waals surface area contributed by atoms with Gasteiger partial charge in [0, 0.05) is 32.9 Å². The monoisotopic (exact) mass is 286 g/mol. The van der Waals surface area contributed by atoms with E-state index in [0.717, 1.165) is 21.4 Å². The van der Waals surface area contributed by atoms with Crippen LogP contribution >= 0.6 is 15.9 Å². The second kappa shape index (κ2) is 4.26. The molecule has 0 bridgehead atoms. The fourth-order valence-corrected chi connectivity index (χ4v) is 2.37. The standard InChI is InChI=1S/C14H11BrN2/c15-10-8-13-12(6-7-16-13)14(9-10)17-11-4-2-1-3-5-11/h1-9,16-17H. The minimum absolute atomic E-state index is 1.06. The summed E-state index contributed by atoms with van der Waals surface area (Å²) in [4.78, 5) is 3.22. The number of hydrogen-bond acceptors (Lipinski definition) is 1. The first kappa shape index (κ1) is 10.4. The third-order valence-corrected chi connectivity index (χ3v) is 3.14. The zero-order valence-corrected chi connectivity index (χ0v) is 10.7. The van der Waals surface area contributed by atoms with Crippen LogP contribution in [0.2, 0.25) is 0 Å². The maximum Gasteiger partial charge on any atom is 0.0490 e. The molecule has 0 amide bonds. The van der Waals surface area contributed by atoms with Crippen molar-refractivity contribution in [1.82, 2.24) is 4.98 Å². The van der Waals surface area contributed by atoms with E-state index in [0.29, 0.717) is 0 Å². The van der Waals surface area contributed by atoms with Crippen LogP contribution in [0, 0.1) is 0 Å². The van der Waals surface area contributed by atoms with Crippen LogP contribution in [0.3, 0.4) is 0 Å². The topological polar surface area (TPSA) is 27.8 Å². The molecule has 0 spiro atoms. The highest BCUT2D eigenvalue weighted by atomic mass is 79.9. The van der Waals surface area contributed by atoms with Crippen molar-refractivity contribution in [2.75, 3.05) is 5.32 Å². The smallest absolute Gasteiger partial charge is 0.0490 e. The summed E-state index contributed by atoms with van der Waals surface area (Å²) in [5, 5.41) is 4.62. The van der Waals surface area contributed by atoms with Crippen LogP contribution in [0.15, 0.2) is 59.2 Å². The van der Waals surface area contributed by atoms with Crippen molar-refractivity contribution in [3.8, 4) is 0 Å².